The first kappa shape index (κ1) is 16.2. The molecular weight excluding hydrogens is 361 g/mol. The fourth-order valence-corrected chi connectivity index (χ4v) is 2.61. The zero-order chi connectivity index (χ0) is 15.7. The molecule has 0 radical (unpaired) electrons. The highest BCUT2D eigenvalue weighted by Gasteiger charge is 2.17. The molecule has 0 fully saturated rings. The lowest BCUT2D eigenvalue weighted by Crippen LogP contribution is -2.23. The van der Waals surface area contributed by atoms with E-state index in [4.69, 9.17) is 11.6 Å². The molecule has 1 aromatic heterocycles. The van der Waals surface area contributed by atoms with E-state index in [0.29, 0.717) is 34.3 Å². The molecule has 21 heavy (non-hydrogen) atoms. The highest BCUT2D eigenvalue weighted by molar-refractivity contribution is 9.10. The number of rotatable bonds is 4. The lowest BCUT2D eigenvalue weighted by Gasteiger charge is -2.13. The van der Waals surface area contributed by atoms with Crippen LogP contribution in [0.2, 0.25) is 0 Å². The minimum Gasteiger partial charge on any atom is -0.349 e. The third kappa shape index (κ3) is 3.37. The molecule has 0 bridgehead atoms. The number of carbonyl (C=O) groups is 1. The van der Waals surface area contributed by atoms with Gasteiger partial charge in [0.15, 0.2) is 0 Å². The molecule has 0 aliphatic rings. The first-order valence-electron chi connectivity index (χ1n) is 6.50. The quantitative estimate of drug-likeness (QED) is 0.763. The maximum absolute atomic E-state index is 13.8. The van der Waals surface area contributed by atoms with Crippen molar-refractivity contribution in [3.8, 4) is 0 Å². The first-order chi connectivity index (χ1) is 9.81. The van der Waals surface area contributed by atoms with Crippen LogP contribution < -0.4 is 0 Å². The van der Waals surface area contributed by atoms with Crippen LogP contribution in [0.5, 0.6) is 0 Å². The Morgan fingerprint density at radius 2 is 2.19 bits per heavy atom. The van der Waals surface area contributed by atoms with Gasteiger partial charge in [-0.05, 0) is 28.9 Å². The molecule has 2 aromatic rings. The SMILES string of the molecule is CC(Cl)c1nc2cc(Br)c(F)cc2n1CCC(=O)N(C)C. The summed E-state index contributed by atoms with van der Waals surface area (Å²) in [5.41, 5.74) is 1.30. The van der Waals surface area contributed by atoms with E-state index < -0.39 is 0 Å². The van der Waals surface area contributed by atoms with Crippen LogP contribution >= 0.6 is 27.5 Å². The van der Waals surface area contributed by atoms with Gasteiger partial charge in [-0.25, -0.2) is 9.37 Å². The van der Waals surface area contributed by atoms with Crippen molar-refractivity contribution in [1.29, 1.82) is 0 Å². The summed E-state index contributed by atoms with van der Waals surface area (Å²) in [4.78, 5) is 17.7. The second-order valence-electron chi connectivity index (χ2n) is 5.03. The summed E-state index contributed by atoms with van der Waals surface area (Å²) in [7, 11) is 3.41. The third-order valence-electron chi connectivity index (χ3n) is 3.22. The zero-order valence-corrected chi connectivity index (χ0v) is 14.4. The Morgan fingerprint density at radius 1 is 1.52 bits per heavy atom. The van der Waals surface area contributed by atoms with Gasteiger partial charge in [-0.2, -0.15) is 0 Å². The number of aryl methyl sites for hydroxylation is 1. The number of aromatic nitrogens is 2. The minimum absolute atomic E-state index is 0.00242. The minimum atomic E-state index is -0.364. The fraction of sp³-hybridized carbons (Fsp3) is 0.429. The molecule has 1 unspecified atom stereocenters. The lowest BCUT2D eigenvalue weighted by molar-refractivity contribution is -0.128. The molecule has 7 heteroatoms. The summed E-state index contributed by atoms with van der Waals surface area (Å²) < 4.78 is 15.9. The molecule has 0 aliphatic carbocycles. The molecule has 2 rings (SSSR count). The van der Waals surface area contributed by atoms with Gasteiger partial charge < -0.3 is 9.47 Å². The number of imidazole rings is 1. The summed E-state index contributed by atoms with van der Waals surface area (Å²) in [6.45, 7) is 2.22. The number of alkyl halides is 1. The van der Waals surface area contributed by atoms with Gasteiger partial charge >= 0.3 is 0 Å². The van der Waals surface area contributed by atoms with E-state index in [0.717, 1.165) is 0 Å². The lowest BCUT2D eigenvalue weighted by atomic mass is 10.3. The predicted octanol–water partition coefficient (Wildman–Crippen LogP) is 3.72. The summed E-state index contributed by atoms with van der Waals surface area (Å²) in [6.07, 6.45) is 0.312. The van der Waals surface area contributed by atoms with Crippen molar-refractivity contribution in [1.82, 2.24) is 14.5 Å². The average Bonchev–Trinajstić information content (AvgIpc) is 2.74. The number of hydrogen-bond donors (Lipinski definition) is 0. The molecule has 0 saturated carbocycles. The Bertz CT molecular complexity index is 684. The molecule has 4 nitrogen and oxygen atoms in total. The van der Waals surface area contributed by atoms with Gasteiger partial charge in [-0.3, -0.25) is 4.79 Å². The zero-order valence-electron chi connectivity index (χ0n) is 12.0. The molecule has 0 N–H and O–H groups in total. The number of fused-ring (bicyclic) bond motifs is 1. The molecule has 1 heterocycles. The number of halogens is 3. The van der Waals surface area contributed by atoms with Gasteiger partial charge in [0.2, 0.25) is 5.91 Å². The normalized spacial score (nSPS) is 12.7. The van der Waals surface area contributed by atoms with Crippen molar-refractivity contribution in [2.75, 3.05) is 14.1 Å². The molecule has 1 amide bonds. The van der Waals surface area contributed by atoms with Gasteiger partial charge in [-0.15, -0.1) is 11.6 Å². The van der Waals surface area contributed by atoms with Crippen molar-refractivity contribution < 1.29 is 9.18 Å². The van der Waals surface area contributed by atoms with Gasteiger partial charge in [0.25, 0.3) is 0 Å². The van der Waals surface area contributed by atoms with E-state index in [-0.39, 0.29) is 17.1 Å². The van der Waals surface area contributed by atoms with Gasteiger partial charge in [0.1, 0.15) is 11.6 Å². The Kier molecular flexibility index (Phi) is 4.88. The Hall–Kier alpha value is -1.14. The fourth-order valence-electron chi connectivity index (χ4n) is 2.11. The topological polar surface area (TPSA) is 38.1 Å². The molecule has 0 spiro atoms. The number of amides is 1. The standard InChI is InChI=1S/C14H16BrClFN3O/c1-8(16)14-18-11-6-9(15)10(17)7-12(11)20(14)5-4-13(21)19(2)3/h6-8H,4-5H2,1-3H3. The van der Waals surface area contributed by atoms with E-state index >= 15 is 0 Å². The molecular formula is C14H16BrClFN3O. The highest BCUT2D eigenvalue weighted by atomic mass is 79.9. The van der Waals surface area contributed by atoms with Crippen molar-refractivity contribution in [2.24, 2.45) is 0 Å². The van der Waals surface area contributed by atoms with Crippen LogP contribution in [-0.2, 0) is 11.3 Å². The predicted molar refractivity (Wildman–Crippen MR) is 85.0 cm³/mol. The summed E-state index contributed by atoms with van der Waals surface area (Å²) in [6, 6.07) is 3.03. The van der Waals surface area contributed by atoms with Gasteiger partial charge in [0, 0.05) is 33.1 Å². The summed E-state index contributed by atoms with van der Waals surface area (Å²) >= 11 is 9.30. The largest absolute Gasteiger partial charge is 0.349 e. The van der Waals surface area contributed by atoms with Crippen molar-refractivity contribution in [3.63, 3.8) is 0 Å². The second kappa shape index (κ2) is 6.32. The van der Waals surface area contributed by atoms with Gasteiger partial charge in [-0.1, -0.05) is 0 Å². The van der Waals surface area contributed by atoms with Crippen molar-refractivity contribution in [2.45, 2.75) is 25.3 Å². The van der Waals surface area contributed by atoms with Crippen LogP contribution in [0.15, 0.2) is 16.6 Å². The van der Waals surface area contributed by atoms with Crippen LogP contribution in [0.3, 0.4) is 0 Å². The molecule has 1 atom stereocenters. The van der Waals surface area contributed by atoms with E-state index in [1.54, 1.807) is 27.1 Å². The smallest absolute Gasteiger partial charge is 0.223 e. The maximum atomic E-state index is 13.8. The summed E-state index contributed by atoms with van der Waals surface area (Å²) in [5.74, 6) is 0.273. The Balaban J connectivity index is 2.46. The monoisotopic (exact) mass is 375 g/mol. The average molecular weight is 377 g/mol. The van der Waals surface area contributed by atoms with Crippen LogP contribution in [0.1, 0.15) is 24.5 Å². The van der Waals surface area contributed by atoms with E-state index in [2.05, 4.69) is 20.9 Å². The van der Waals surface area contributed by atoms with Crippen molar-refractivity contribution in [3.05, 3.63) is 28.2 Å². The second-order valence-corrected chi connectivity index (χ2v) is 6.54. The molecule has 0 saturated heterocycles. The van der Waals surface area contributed by atoms with Crippen LogP contribution in [0, 0.1) is 5.82 Å². The van der Waals surface area contributed by atoms with Crippen LogP contribution in [0.25, 0.3) is 11.0 Å². The maximum Gasteiger partial charge on any atom is 0.223 e. The number of nitrogens with zero attached hydrogens (tertiary/aromatic N) is 3. The third-order valence-corrected chi connectivity index (χ3v) is 4.03. The van der Waals surface area contributed by atoms with Crippen LogP contribution in [-0.4, -0.2) is 34.5 Å². The molecule has 0 aliphatic heterocycles. The van der Waals surface area contributed by atoms with E-state index in [9.17, 15) is 9.18 Å². The number of benzene rings is 1. The number of carbonyl (C=O) groups excluding carboxylic acids is 1. The first-order valence-corrected chi connectivity index (χ1v) is 7.73. The van der Waals surface area contributed by atoms with E-state index in [1.165, 1.54) is 11.0 Å². The Labute approximate surface area is 136 Å². The highest BCUT2D eigenvalue weighted by Crippen LogP contribution is 2.28. The molecule has 114 valence electrons. The Morgan fingerprint density at radius 3 is 2.76 bits per heavy atom. The van der Waals surface area contributed by atoms with Crippen LogP contribution in [0.4, 0.5) is 4.39 Å². The van der Waals surface area contributed by atoms with Gasteiger partial charge in [0.05, 0.1) is 20.9 Å². The summed E-state index contributed by atoms with van der Waals surface area (Å²) in [5, 5.41) is -0.325. The molecule has 1 aromatic carbocycles. The van der Waals surface area contributed by atoms with Crippen molar-refractivity contribution >= 4 is 44.5 Å². The number of hydrogen-bond acceptors (Lipinski definition) is 2. The van der Waals surface area contributed by atoms with E-state index in [1.807, 2.05) is 4.57 Å².